The fourth-order valence-corrected chi connectivity index (χ4v) is 5.42. The lowest BCUT2D eigenvalue weighted by molar-refractivity contribution is -0.111. The Morgan fingerprint density at radius 3 is 2.61 bits per heavy atom. The lowest BCUT2D eigenvalue weighted by Crippen LogP contribution is -2.45. The quantitative estimate of drug-likeness (QED) is 0.202. The van der Waals surface area contributed by atoms with Gasteiger partial charge in [0.05, 0.1) is 24.2 Å². The van der Waals surface area contributed by atoms with Crippen molar-refractivity contribution in [3.63, 3.8) is 0 Å². The fraction of sp³-hybridized carbons (Fsp3) is 0.382. The maximum atomic E-state index is 12.3. The first-order valence-corrected chi connectivity index (χ1v) is 15.2. The summed E-state index contributed by atoms with van der Waals surface area (Å²) in [5.41, 5.74) is 5.41. The number of likely N-dealkylation sites (N-methyl/N-ethyl adjacent to an activating group) is 1. The van der Waals surface area contributed by atoms with E-state index >= 15 is 0 Å². The van der Waals surface area contributed by atoms with Crippen molar-refractivity contribution in [2.24, 2.45) is 7.05 Å². The molecule has 1 aliphatic rings. The minimum atomic E-state index is -0.337. The Kier molecular flexibility index (Phi) is 9.82. The number of nitrogens with one attached hydrogen (secondary N) is 2. The summed E-state index contributed by atoms with van der Waals surface area (Å²) in [7, 11) is 5.79. The van der Waals surface area contributed by atoms with Crippen molar-refractivity contribution in [2.75, 3.05) is 64.1 Å². The van der Waals surface area contributed by atoms with Gasteiger partial charge in [-0.15, -0.1) is 0 Å². The van der Waals surface area contributed by atoms with Crippen LogP contribution in [-0.4, -0.2) is 83.7 Å². The van der Waals surface area contributed by atoms with E-state index in [9.17, 15) is 4.79 Å². The standard InChI is InChI=1S/C34H43N7O3/c1-7-23(3)24-9-10-25-26(22-40(5)30(25)19-24)27-11-12-35-34(37-27)38-28-20-29(36-33(42)8-2)32(21-31(28)43-6)44-18-17-41-15-13-39(4)14-16-41/h8-12,19-23H,2,7,13-18H2,1,3-6H3,(H,36,42)(H,35,37,38). The van der Waals surface area contributed by atoms with E-state index in [1.54, 1.807) is 25.4 Å². The highest BCUT2D eigenvalue weighted by molar-refractivity contribution is 6.00. The van der Waals surface area contributed by atoms with Crippen molar-refractivity contribution in [2.45, 2.75) is 26.2 Å². The zero-order chi connectivity index (χ0) is 31.2. The van der Waals surface area contributed by atoms with Gasteiger partial charge in [0.15, 0.2) is 0 Å². The van der Waals surface area contributed by atoms with Crippen LogP contribution in [0.4, 0.5) is 17.3 Å². The monoisotopic (exact) mass is 597 g/mol. The van der Waals surface area contributed by atoms with E-state index < -0.39 is 0 Å². The first-order chi connectivity index (χ1) is 21.3. The second-order valence-corrected chi connectivity index (χ2v) is 11.4. The maximum Gasteiger partial charge on any atom is 0.247 e. The zero-order valence-corrected chi connectivity index (χ0v) is 26.4. The molecule has 4 aromatic rings. The summed E-state index contributed by atoms with van der Waals surface area (Å²) in [6.45, 7) is 13.4. The number of hydrogen-bond donors (Lipinski definition) is 2. The molecule has 5 rings (SSSR count). The molecule has 2 aromatic carbocycles. The van der Waals surface area contributed by atoms with Crippen molar-refractivity contribution >= 4 is 34.1 Å². The van der Waals surface area contributed by atoms with E-state index in [1.165, 1.54) is 17.2 Å². The van der Waals surface area contributed by atoms with Gasteiger partial charge >= 0.3 is 0 Å². The third-order valence-corrected chi connectivity index (χ3v) is 8.38. The lowest BCUT2D eigenvalue weighted by Gasteiger charge is -2.32. The van der Waals surface area contributed by atoms with Gasteiger partial charge in [0.1, 0.15) is 18.1 Å². The average Bonchev–Trinajstić information content (AvgIpc) is 3.38. The Bertz CT molecular complexity index is 1620. The predicted molar refractivity (Wildman–Crippen MR) is 177 cm³/mol. The Labute approximate surface area is 259 Å². The number of fused-ring (bicyclic) bond motifs is 1. The minimum absolute atomic E-state index is 0.337. The van der Waals surface area contributed by atoms with E-state index in [4.69, 9.17) is 14.5 Å². The largest absolute Gasteiger partial charge is 0.494 e. The first-order valence-electron chi connectivity index (χ1n) is 15.2. The van der Waals surface area contributed by atoms with Gasteiger partial charge in [-0.1, -0.05) is 32.6 Å². The van der Waals surface area contributed by atoms with Gasteiger partial charge in [-0.05, 0) is 49.2 Å². The van der Waals surface area contributed by atoms with Crippen molar-refractivity contribution in [3.8, 4) is 22.8 Å². The molecule has 10 nitrogen and oxygen atoms in total. The molecule has 0 saturated carbocycles. The number of benzene rings is 2. The van der Waals surface area contributed by atoms with Crippen LogP contribution in [-0.2, 0) is 11.8 Å². The zero-order valence-electron chi connectivity index (χ0n) is 26.4. The number of carbonyl (C=O) groups excluding carboxylic acids is 1. The number of aryl methyl sites for hydroxylation is 1. The van der Waals surface area contributed by atoms with Gasteiger partial charge in [-0.2, -0.15) is 0 Å². The smallest absolute Gasteiger partial charge is 0.247 e. The van der Waals surface area contributed by atoms with Crippen LogP contribution in [0.25, 0.3) is 22.2 Å². The molecule has 44 heavy (non-hydrogen) atoms. The molecule has 2 aromatic heterocycles. The van der Waals surface area contributed by atoms with Crippen LogP contribution in [0.15, 0.2) is 61.4 Å². The highest BCUT2D eigenvalue weighted by atomic mass is 16.5. The Morgan fingerprint density at radius 1 is 1.09 bits per heavy atom. The third kappa shape index (κ3) is 7.03. The van der Waals surface area contributed by atoms with Crippen LogP contribution >= 0.6 is 0 Å². The van der Waals surface area contributed by atoms with Gasteiger partial charge in [-0.25, -0.2) is 9.97 Å². The van der Waals surface area contributed by atoms with E-state index in [-0.39, 0.29) is 5.91 Å². The lowest BCUT2D eigenvalue weighted by atomic mass is 9.97. The maximum absolute atomic E-state index is 12.3. The van der Waals surface area contributed by atoms with Crippen LogP contribution in [0.3, 0.4) is 0 Å². The van der Waals surface area contributed by atoms with Crippen LogP contribution < -0.4 is 20.1 Å². The fourth-order valence-electron chi connectivity index (χ4n) is 5.42. The Hall–Kier alpha value is -4.41. The number of hydrogen-bond acceptors (Lipinski definition) is 8. The molecular formula is C34H43N7O3. The van der Waals surface area contributed by atoms with Gasteiger partial charge in [0.2, 0.25) is 11.9 Å². The van der Waals surface area contributed by atoms with E-state index in [0.29, 0.717) is 41.3 Å². The summed E-state index contributed by atoms with van der Waals surface area (Å²) in [6.07, 6.45) is 6.17. The molecule has 10 heteroatoms. The molecule has 0 aliphatic carbocycles. The summed E-state index contributed by atoms with van der Waals surface area (Å²) < 4.78 is 14.0. The number of carbonyl (C=O) groups is 1. The van der Waals surface area contributed by atoms with Gasteiger partial charge in [-0.3, -0.25) is 9.69 Å². The van der Waals surface area contributed by atoms with E-state index in [0.717, 1.165) is 55.8 Å². The topological polar surface area (TPSA) is 96.8 Å². The van der Waals surface area contributed by atoms with Crippen molar-refractivity contribution in [3.05, 3.63) is 67.0 Å². The number of ether oxygens (including phenoxy) is 2. The average molecular weight is 598 g/mol. The molecule has 3 heterocycles. The summed E-state index contributed by atoms with van der Waals surface area (Å²) >= 11 is 0. The number of aromatic nitrogens is 3. The number of nitrogens with zero attached hydrogens (tertiary/aromatic N) is 5. The van der Waals surface area contributed by atoms with Crippen LogP contribution in [0.5, 0.6) is 11.5 Å². The van der Waals surface area contributed by atoms with Gasteiger partial charge in [0.25, 0.3) is 0 Å². The van der Waals surface area contributed by atoms with Gasteiger partial charge in [0, 0.05) is 74.7 Å². The molecule has 0 bridgehead atoms. The first kappa shape index (κ1) is 31.0. The molecule has 0 radical (unpaired) electrons. The van der Waals surface area contributed by atoms with Crippen molar-refractivity contribution in [1.82, 2.24) is 24.3 Å². The van der Waals surface area contributed by atoms with Gasteiger partial charge < -0.3 is 29.6 Å². The number of piperazine rings is 1. The predicted octanol–water partition coefficient (Wildman–Crippen LogP) is 5.65. The number of methoxy groups -OCH3 is 1. The summed E-state index contributed by atoms with van der Waals surface area (Å²) in [5, 5.41) is 7.29. The van der Waals surface area contributed by atoms with Crippen LogP contribution in [0.2, 0.25) is 0 Å². The Morgan fingerprint density at radius 2 is 1.89 bits per heavy atom. The minimum Gasteiger partial charge on any atom is -0.494 e. The molecule has 1 fully saturated rings. The van der Waals surface area contributed by atoms with Crippen LogP contribution in [0.1, 0.15) is 31.7 Å². The molecule has 2 N–H and O–H groups in total. The Balaban J connectivity index is 1.40. The molecule has 1 unspecified atom stereocenters. The SMILES string of the molecule is C=CC(=O)Nc1cc(Nc2nccc(-c3cn(C)c4cc(C(C)CC)ccc34)n2)c(OC)cc1OCCN1CCN(C)CC1. The second-order valence-electron chi connectivity index (χ2n) is 11.4. The van der Waals surface area contributed by atoms with Crippen LogP contribution in [0, 0.1) is 0 Å². The molecule has 1 amide bonds. The summed E-state index contributed by atoms with van der Waals surface area (Å²) in [5.74, 6) is 1.61. The molecule has 0 spiro atoms. The molecule has 1 saturated heterocycles. The summed E-state index contributed by atoms with van der Waals surface area (Å²) in [6, 6.07) is 12.1. The number of amides is 1. The molecule has 232 valence electrons. The highest BCUT2D eigenvalue weighted by Crippen LogP contribution is 2.38. The molecular weight excluding hydrogens is 554 g/mol. The second kappa shape index (κ2) is 13.9. The van der Waals surface area contributed by atoms with E-state index in [1.807, 2.05) is 6.07 Å². The third-order valence-electron chi connectivity index (χ3n) is 8.38. The number of anilines is 3. The van der Waals surface area contributed by atoms with Crippen molar-refractivity contribution < 1.29 is 14.3 Å². The molecule has 1 atom stereocenters. The summed E-state index contributed by atoms with van der Waals surface area (Å²) in [4.78, 5) is 26.3. The van der Waals surface area contributed by atoms with E-state index in [2.05, 4.69) is 88.9 Å². The molecule has 1 aliphatic heterocycles. The van der Waals surface area contributed by atoms with Crippen molar-refractivity contribution in [1.29, 1.82) is 0 Å². The number of rotatable bonds is 12. The highest BCUT2D eigenvalue weighted by Gasteiger charge is 2.18. The normalized spacial score (nSPS) is 14.8.